The van der Waals surface area contributed by atoms with E-state index in [1.807, 2.05) is 19.1 Å². The van der Waals surface area contributed by atoms with Crippen molar-refractivity contribution >= 4 is 5.97 Å². The lowest BCUT2D eigenvalue weighted by Crippen LogP contribution is -2.54. The summed E-state index contributed by atoms with van der Waals surface area (Å²) in [5.41, 5.74) is 2.09. The van der Waals surface area contributed by atoms with Crippen molar-refractivity contribution in [1.82, 2.24) is 9.88 Å². The maximum Gasteiger partial charge on any atom is 0.356 e. The second-order valence-corrected chi connectivity index (χ2v) is 6.76. The molecule has 0 radical (unpaired) electrons. The Morgan fingerprint density at radius 3 is 2.82 bits per heavy atom. The quantitative estimate of drug-likeness (QED) is 0.757. The number of aromatic nitrogens is 1. The first-order chi connectivity index (χ1) is 10.7. The summed E-state index contributed by atoms with van der Waals surface area (Å²) in [4.78, 5) is 18.7. The van der Waals surface area contributed by atoms with Gasteiger partial charge in [0, 0.05) is 18.8 Å². The number of ether oxygens (including phenoxy) is 1. The Labute approximate surface area is 132 Å². The summed E-state index contributed by atoms with van der Waals surface area (Å²) < 4.78 is 5.00. The highest BCUT2D eigenvalue weighted by atomic mass is 16.5. The largest absolute Gasteiger partial charge is 0.461 e. The monoisotopic (exact) mass is 302 g/mol. The number of likely N-dealkylation sites (tertiary alicyclic amines) is 1. The van der Waals surface area contributed by atoms with E-state index in [4.69, 9.17) is 4.74 Å². The van der Waals surface area contributed by atoms with E-state index in [9.17, 15) is 4.79 Å². The molecule has 2 aliphatic rings. The van der Waals surface area contributed by atoms with Gasteiger partial charge in [0.2, 0.25) is 0 Å². The molecule has 1 aliphatic carbocycles. The molecule has 2 heterocycles. The van der Waals surface area contributed by atoms with E-state index in [0.717, 1.165) is 25.1 Å². The first kappa shape index (κ1) is 15.5. The zero-order chi connectivity index (χ0) is 15.4. The molecule has 0 N–H and O–H groups in total. The van der Waals surface area contributed by atoms with Crippen molar-refractivity contribution < 1.29 is 9.53 Å². The van der Waals surface area contributed by atoms with Gasteiger partial charge in [0.15, 0.2) is 0 Å². The molecular formula is C18H26N2O2. The molecule has 22 heavy (non-hydrogen) atoms. The Hall–Kier alpha value is -1.42. The number of carbonyl (C=O) groups is 1. The van der Waals surface area contributed by atoms with E-state index in [2.05, 4.69) is 9.88 Å². The first-order valence-electron chi connectivity index (χ1n) is 8.56. The lowest BCUT2D eigenvalue weighted by atomic mass is 9.78. The van der Waals surface area contributed by atoms with Gasteiger partial charge in [0.25, 0.3) is 0 Å². The van der Waals surface area contributed by atoms with Gasteiger partial charge in [-0.05, 0) is 56.7 Å². The molecule has 0 amide bonds. The predicted molar refractivity (Wildman–Crippen MR) is 85.9 cm³/mol. The Bertz CT molecular complexity index is 516. The maximum absolute atomic E-state index is 11.7. The number of nitrogens with zero attached hydrogens (tertiary/aromatic N) is 2. The van der Waals surface area contributed by atoms with Gasteiger partial charge in [0.1, 0.15) is 5.69 Å². The molecule has 1 saturated heterocycles. The van der Waals surface area contributed by atoms with Crippen LogP contribution < -0.4 is 0 Å². The van der Waals surface area contributed by atoms with Crippen LogP contribution in [0.4, 0.5) is 0 Å². The van der Waals surface area contributed by atoms with Crippen molar-refractivity contribution in [2.24, 2.45) is 5.41 Å². The summed E-state index contributed by atoms with van der Waals surface area (Å²) in [6.45, 7) is 5.94. The Morgan fingerprint density at radius 1 is 1.32 bits per heavy atom. The fourth-order valence-corrected chi connectivity index (χ4v) is 3.92. The maximum atomic E-state index is 11.7. The van der Waals surface area contributed by atoms with Crippen molar-refractivity contribution in [2.45, 2.75) is 45.4 Å². The van der Waals surface area contributed by atoms with Crippen LogP contribution in [0.1, 0.15) is 55.2 Å². The van der Waals surface area contributed by atoms with Crippen molar-refractivity contribution in [3.8, 4) is 0 Å². The van der Waals surface area contributed by atoms with E-state index in [-0.39, 0.29) is 5.97 Å². The van der Waals surface area contributed by atoms with Crippen molar-refractivity contribution in [2.75, 3.05) is 26.2 Å². The number of rotatable bonds is 6. The summed E-state index contributed by atoms with van der Waals surface area (Å²) in [7, 11) is 0. The molecular weight excluding hydrogens is 276 g/mol. The van der Waals surface area contributed by atoms with Gasteiger partial charge < -0.3 is 9.64 Å². The summed E-state index contributed by atoms with van der Waals surface area (Å²) in [6, 6.07) is 5.61. The van der Waals surface area contributed by atoms with E-state index in [1.165, 1.54) is 38.8 Å². The van der Waals surface area contributed by atoms with Crippen LogP contribution in [0.25, 0.3) is 0 Å². The highest BCUT2D eigenvalue weighted by Crippen LogP contribution is 2.45. The molecule has 4 heteroatoms. The predicted octanol–water partition coefficient (Wildman–Crippen LogP) is 3.07. The topological polar surface area (TPSA) is 42.4 Å². The third-order valence-corrected chi connectivity index (χ3v) is 4.98. The molecule has 0 aromatic carbocycles. The van der Waals surface area contributed by atoms with Gasteiger partial charge in [-0.15, -0.1) is 0 Å². The lowest BCUT2D eigenvalue weighted by Gasteiger charge is -2.48. The standard InChI is InChI=1S/C18H26N2O2/c1-2-22-17(21)16-9-5-7-15(19-16)8-6-12-20-13-18(14-20)10-3-4-11-18/h5,7,9H,2-4,6,8,10-14H2,1H3. The fourth-order valence-electron chi connectivity index (χ4n) is 3.92. The Morgan fingerprint density at radius 2 is 2.09 bits per heavy atom. The van der Waals surface area contributed by atoms with Gasteiger partial charge in [-0.2, -0.15) is 0 Å². The van der Waals surface area contributed by atoms with Crippen molar-refractivity contribution in [3.05, 3.63) is 29.6 Å². The summed E-state index contributed by atoms with van der Waals surface area (Å²) >= 11 is 0. The molecule has 1 aromatic rings. The number of carbonyl (C=O) groups excluding carboxylic acids is 1. The molecule has 4 nitrogen and oxygen atoms in total. The third kappa shape index (κ3) is 3.49. The smallest absolute Gasteiger partial charge is 0.356 e. The molecule has 0 unspecified atom stereocenters. The molecule has 1 aromatic heterocycles. The fraction of sp³-hybridized carbons (Fsp3) is 0.667. The van der Waals surface area contributed by atoms with Gasteiger partial charge >= 0.3 is 5.97 Å². The third-order valence-electron chi connectivity index (χ3n) is 4.98. The first-order valence-corrected chi connectivity index (χ1v) is 8.56. The van der Waals surface area contributed by atoms with Crippen LogP contribution in [0.3, 0.4) is 0 Å². The highest BCUT2D eigenvalue weighted by molar-refractivity contribution is 5.87. The van der Waals surface area contributed by atoms with Crippen molar-refractivity contribution in [1.29, 1.82) is 0 Å². The van der Waals surface area contributed by atoms with Crippen LogP contribution in [0.15, 0.2) is 18.2 Å². The minimum Gasteiger partial charge on any atom is -0.461 e. The van der Waals surface area contributed by atoms with Crippen LogP contribution in [0.5, 0.6) is 0 Å². The average Bonchev–Trinajstić information content (AvgIpc) is 2.97. The number of hydrogen-bond acceptors (Lipinski definition) is 4. The van der Waals surface area contributed by atoms with Gasteiger partial charge in [-0.3, -0.25) is 0 Å². The second-order valence-electron chi connectivity index (χ2n) is 6.76. The molecule has 1 spiro atoms. The minimum absolute atomic E-state index is 0.324. The second kappa shape index (κ2) is 6.78. The van der Waals surface area contributed by atoms with Crippen LogP contribution in [-0.2, 0) is 11.2 Å². The number of aryl methyl sites for hydroxylation is 1. The van der Waals surface area contributed by atoms with Gasteiger partial charge in [-0.1, -0.05) is 18.9 Å². The normalized spacial score (nSPS) is 20.0. The summed E-state index contributed by atoms with van der Waals surface area (Å²) in [6.07, 6.45) is 7.77. The average molecular weight is 302 g/mol. The van der Waals surface area contributed by atoms with Crippen LogP contribution in [0, 0.1) is 5.41 Å². The number of esters is 1. The summed E-state index contributed by atoms with van der Waals surface area (Å²) in [5.74, 6) is -0.324. The SMILES string of the molecule is CCOC(=O)c1cccc(CCCN2CC3(CCCC3)C2)n1. The highest BCUT2D eigenvalue weighted by Gasteiger charge is 2.43. The molecule has 1 aliphatic heterocycles. The van der Waals surface area contributed by atoms with E-state index < -0.39 is 0 Å². The van der Waals surface area contributed by atoms with Crippen molar-refractivity contribution in [3.63, 3.8) is 0 Å². The lowest BCUT2D eigenvalue weighted by molar-refractivity contribution is 0.00568. The zero-order valence-corrected chi connectivity index (χ0v) is 13.5. The molecule has 1 saturated carbocycles. The molecule has 2 fully saturated rings. The van der Waals surface area contributed by atoms with E-state index in [0.29, 0.717) is 17.7 Å². The molecule has 3 rings (SSSR count). The molecule has 120 valence electrons. The van der Waals surface area contributed by atoms with Crippen LogP contribution in [-0.4, -0.2) is 42.1 Å². The molecule has 0 bridgehead atoms. The van der Waals surface area contributed by atoms with Gasteiger partial charge in [0.05, 0.1) is 6.61 Å². The Kier molecular flexibility index (Phi) is 4.77. The Balaban J connectivity index is 1.42. The van der Waals surface area contributed by atoms with Crippen LogP contribution >= 0.6 is 0 Å². The van der Waals surface area contributed by atoms with E-state index in [1.54, 1.807) is 6.07 Å². The zero-order valence-electron chi connectivity index (χ0n) is 13.5. The summed E-state index contributed by atoms with van der Waals surface area (Å²) in [5, 5.41) is 0. The van der Waals surface area contributed by atoms with Gasteiger partial charge in [-0.25, -0.2) is 9.78 Å². The molecule has 0 atom stereocenters. The van der Waals surface area contributed by atoms with Crippen LogP contribution in [0.2, 0.25) is 0 Å². The van der Waals surface area contributed by atoms with E-state index >= 15 is 0 Å². The number of hydrogen-bond donors (Lipinski definition) is 0. The minimum atomic E-state index is -0.324. The number of pyridine rings is 1.